The first-order valence-electron chi connectivity index (χ1n) is 13.7. The molecule has 0 radical (unpaired) electrons. The Kier molecular flexibility index (Phi) is 8.04. The maximum Gasteiger partial charge on any atom is 0.251 e. The summed E-state index contributed by atoms with van der Waals surface area (Å²) in [7, 11) is 1.92. The Morgan fingerprint density at radius 2 is 1.92 bits per heavy atom. The monoisotopic (exact) mass is 501 g/mol. The second-order valence-electron chi connectivity index (χ2n) is 10.6. The number of hydrogen-bond acceptors (Lipinski definition) is 6. The largest absolute Gasteiger partial charge is 0.385 e. The molecule has 1 aliphatic heterocycles. The lowest BCUT2D eigenvalue weighted by Gasteiger charge is -2.29. The number of nitrogen functional groups attached to an aromatic ring is 1. The Morgan fingerprint density at radius 1 is 1.11 bits per heavy atom. The number of hydrogen-bond donors (Lipinski definition) is 3. The van der Waals surface area contributed by atoms with Crippen LogP contribution in [0.3, 0.4) is 0 Å². The Labute approximate surface area is 219 Å². The fourth-order valence-corrected chi connectivity index (χ4v) is 5.61. The van der Waals surface area contributed by atoms with Gasteiger partial charge < -0.3 is 20.9 Å². The van der Waals surface area contributed by atoms with Gasteiger partial charge in [-0.25, -0.2) is 9.97 Å². The average Bonchev–Trinajstić information content (AvgIpc) is 3.55. The number of nitrogens with two attached hydrogens (primary N) is 1. The summed E-state index contributed by atoms with van der Waals surface area (Å²) in [6, 6.07) is 12.3. The number of rotatable bonds is 9. The minimum atomic E-state index is 0.0597. The maximum atomic E-state index is 12.9. The molecule has 1 saturated heterocycles. The predicted molar refractivity (Wildman–Crippen MR) is 148 cm³/mol. The highest BCUT2D eigenvalue weighted by molar-refractivity contribution is 5.94. The van der Waals surface area contributed by atoms with E-state index in [2.05, 4.69) is 37.6 Å². The first-order valence-corrected chi connectivity index (χ1v) is 13.7. The lowest BCUT2D eigenvalue weighted by Crippen LogP contribution is -2.37. The van der Waals surface area contributed by atoms with Gasteiger partial charge in [-0.15, -0.1) is 0 Å². The molecule has 3 aromatic rings. The van der Waals surface area contributed by atoms with Crippen molar-refractivity contribution in [1.82, 2.24) is 24.8 Å². The van der Waals surface area contributed by atoms with Crippen LogP contribution in [-0.2, 0) is 13.6 Å². The number of nitrogens with zero attached hydrogens (tertiary/aromatic N) is 4. The highest BCUT2D eigenvalue weighted by atomic mass is 16.1. The summed E-state index contributed by atoms with van der Waals surface area (Å²) >= 11 is 0. The summed E-state index contributed by atoms with van der Waals surface area (Å²) in [6.45, 7) is 4.10. The van der Waals surface area contributed by atoms with Crippen LogP contribution in [0.4, 0.5) is 11.8 Å². The van der Waals surface area contributed by atoms with Crippen molar-refractivity contribution in [2.75, 3.05) is 30.7 Å². The number of likely N-dealkylation sites (tertiary alicyclic amines) is 1. The number of benzene rings is 1. The van der Waals surface area contributed by atoms with Crippen LogP contribution in [0.25, 0.3) is 11.3 Å². The van der Waals surface area contributed by atoms with Gasteiger partial charge in [0.25, 0.3) is 5.91 Å². The van der Waals surface area contributed by atoms with Gasteiger partial charge in [-0.3, -0.25) is 9.69 Å². The molecule has 0 spiro atoms. The second-order valence-corrected chi connectivity index (χ2v) is 10.6. The Balaban J connectivity index is 1.05. The molecule has 3 heterocycles. The molecular formula is C29H39N7O. The Bertz CT molecular complexity index is 1190. The van der Waals surface area contributed by atoms with Gasteiger partial charge in [0, 0.05) is 49.7 Å². The summed E-state index contributed by atoms with van der Waals surface area (Å²) in [5, 5.41) is 6.67. The molecule has 37 heavy (non-hydrogen) atoms. The number of nitrogens with one attached hydrogen (secondary N) is 2. The molecule has 196 valence electrons. The van der Waals surface area contributed by atoms with Crippen molar-refractivity contribution >= 4 is 17.7 Å². The quantitative estimate of drug-likeness (QED) is 0.400. The fourth-order valence-electron chi connectivity index (χ4n) is 5.61. The van der Waals surface area contributed by atoms with E-state index in [-0.39, 0.29) is 11.9 Å². The van der Waals surface area contributed by atoms with Gasteiger partial charge in [-0.2, -0.15) is 0 Å². The van der Waals surface area contributed by atoms with E-state index in [1.165, 1.54) is 18.4 Å². The van der Waals surface area contributed by atoms with E-state index in [0.29, 0.717) is 17.7 Å². The number of aromatic nitrogens is 3. The molecule has 1 saturated carbocycles. The summed E-state index contributed by atoms with van der Waals surface area (Å²) < 4.78 is 1.88. The fraction of sp³-hybridized carbons (Fsp3) is 0.483. The summed E-state index contributed by atoms with van der Waals surface area (Å²) in [5.74, 6) is 2.04. The van der Waals surface area contributed by atoms with Crippen molar-refractivity contribution in [3.8, 4) is 11.3 Å². The van der Waals surface area contributed by atoms with Gasteiger partial charge in [0.1, 0.15) is 5.82 Å². The number of anilines is 2. The molecule has 4 N–H and O–H groups in total. The first-order chi connectivity index (χ1) is 18.0. The molecule has 2 aromatic heterocycles. The molecular weight excluding hydrogens is 462 g/mol. The zero-order valence-electron chi connectivity index (χ0n) is 21.8. The molecule has 2 aliphatic rings. The van der Waals surface area contributed by atoms with Gasteiger partial charge in [-0.1, -0.05) is 12.1 Å². The van der Waals surface area contributed by atoms with E-state index in [1.807, 2.05) is 42.1 Å². The van der Waals surface area contributed by atoms with Crippen LogP contribution in [0, 0.1) is 5.92 Å². The van der Waals surface area contributed by atoms with E-state index < -0.39 is 0 Å². The van der Waals surface area contributed by atoms with Crippen LogP contribution in [0.1, 0.15) is 60.9 Å². The number of amides is 1. The van der Waals surface area contributed by atoms with Gasteiger partial charge in [0.15, 0.2) is 0 Å². The van der Waals surface area contributed by atoms with Gasteiger partial charge in [-0.05, 0) is 93.8 Å². The molecule has 0 bridgehead atoms. The number of carbonyl (C=O) groups is 1. The third-order valence-corrected chi connectivity index (χ3v) is 7.86. The standard InChI is InChI=1S/C29H39N7O/c1-35-18-13-25(27(35)30)26-12-15-32-29(34-26)31-14-11-21-7-9-24(10-8-21)33-28(37)23-6-4-5-22(19-23)20-36-16-2-3-17-36/h4-6,12-13,15,18-19,21,24H,2-3,7-11,14,16-17,20,30H2,1H3,(H,33,37)(H,31,32,34). The lowest BCUT2D eigenvalue weighted by atomic mass is 9.84. The zero-order valence-corrected chi connectivity index (χ0v) is 21.8. The van der Waals surface area contributed by atoms with E-state index in [0.717, 1.165) is 75.1 Å². The van der Waals surface area contributed by atoms with Gasteiger partial charge in [0.2, 0.25) is 5.95 Å². The van der Waals surface area contributed by atoms with Crippen LogP contribution >= 0.6 is 0 Å². The second kappa shape index (κ2) is 11.8. The smallest absolute Gasteiger partial charge is 0.251 e. The van der Waals surface area contributed by atoms with Crippen molar-refractivity contribution in [2.24, 2.45) is 13.0 Å². The van der Waals surface area contributed by atoms with E-state index >= 15 is 0 Å². The van der Waals surface area contributed by atoms with Crippen molar-refractivity contribution in [1.29, 1.82) is 0 Å². The van der Waals surface area contributed by atoms with Crippen molar-refractivity contribution < 1.29 is 4.79 Å². The number of aryl methyl sites for hydroxylation is 1. The zero-order chi connectivity index (χ0) is 25.6. The predicted octanol–water partition coefficient (Wildman–Crippen LogP) is 4.45. The minimum Gasteiger partial charge on any atom is -0.385 e. The van der Waals surface area contributed by atoms with Crippen LogP contribution in [0.15, 0.2) is 48.8 Å². The van der Waals surface area contributed by atoms with Crippen molar-refractivity contribution in [2.45, 2.75) is 57.5 Å². The van der Waals surface area contributed by atoms with Crippen LogP contribution in [-0.4, -0.2) is 51.0 Å². The van der Waals surface area contributed by atoms with E-state index in [9.17, 15) is 4.79 Å². The lowest BCUT2D eigenvalue weighted by molar-refractivity contribution is 0.0921. The Morgan fingerprint density at radius 3 is 2.68 bits per heavy atom. The van der Waals surface area contributed by atoms with Gasteiger partial charge >= 0.3 is 0 Å². The van der Waals surface area contributed by atoms with E-state index in [1.54, 1.807) is 6.20 Å². The molecule has 1 amide bonds. The highest BCUT2D eigenvalue weighted by Gasteiger charge is 2.23. The van der Waals surface area contributed by atoms with Crippen LogP contribution < -0.4 is 16.4 Å². The normalized spacial score (nSPS) is 20.1. The SMILES string of the molecule is Cn1ccc(-c2ccnc(NCCC3CCC(NC(=O)c4cccc(CN5CCCC5)c4)CC3)n2)c1N. The third-order valence-electron chi connectivity index (χ3n) is 7.86. The highest BCUT2D eigenvalue weighted by Crippen LogP contribution is 2.28. The topological polar surface area (TPSA) is 101 Å². The first kappa shape index (κ1) is 25.3. The third kappa shape index (κ3) is 6.49. The summed E-state index contributed by atoms with van der Waals surface area (Å²) in [5.41, 5.74) is 9.91. The summed E-state index contributed by atoms with van der Waals surface area (Å²) in [4.78, 5) is 24.4. The van der Waals surface area contributed by atoms with Crippen LogP contribution in [0.5, 0.6) is 0 Å². The average molecular weight is 502 g/mol. The van der Waals surface area contributed by atoms with Crippen molar-refractivity contribution in [3.05, 3.63) is 59.9 Å². The Hall–Kier alpha value is -3.39. The molecule has 0 unspecified atom stereocenters. The molecule has 5 rings (SSSR count). The van der Waals surface area contributed by atoms with Crippen LogP contribution in [0.2, 0.25) is 0 Å². The molecule has 0 atom stereocenters. The molecule has 1 aliphatic carbocycles. The molecule has 1 aromatic carbocycles. The number of carbonyl (C=O) groups excluding carboxylic acids is 1. The summed E-state index contributed by atoms with van der Waals surface area (Å²) in [6.07, 6.45) is 11.7. The maximum absolute atomic E-state index is 12.9. The van der Waals surface area contributed by atoms with Crippen molar-refractivity contribution in [3.63, 3.8) is 0 Å². The van der Waals surface area contributed by atoms with E-state index in [4.69, 9.17) is 5.73 Å². The molecule has 8 heteroatoms. The molecule has 2 fully saturated rings. The molecule has 8 nitrogen and oxygen atoms in total. The minimum absolute atomic E-state index is 0.0597. The van der Waals surface area contributed by atoms with Gasteiger partial charge in [0.05, 0.1) is 5.69 Å².